The molecule has 53 heavy (non-hydrogen) atoms. The van der Waals surface area contributed by atoms with Gasteiger partial charge in [0.15, 0.2) is 6.10 Å². The van der Waals surface area contributed by atoms with E-state index in [4.69, 9.17) is 19.3 Å². The molecule has 2 aliphatic rings. The van der Waals surface area contributed by atoms with Gasteiger partial charge in [-0.2, -0.15) is 10.2 Å². The molecule has 12 heteroatoms. The Hall–Kier alpha value is -5.75. The van der Waals surface area contributed by atoms with Crippen molar-refractivity contribution in [3.63, 3.8) is 0 Å². The van der Waals surface area contributed by atoms with Gasteiger partial charge in [0.2, 0.25) is 5.91 Å². The van der Waals surface area contributed by atoms with E-state index in [1.54, 1.807) is 24.3 Å². The standard InChI is InChI=1S/C41H40N4O7S/c1-27(46)50-26-34(51-28(2)47)37-38(52-29(3)48)35-36(43-42-32-21-13-7-14-22-32)39(44(4)25-30-17-9-5-10-18-30)53-41(35,31-19-11-6-12-20-31)40(49)45(37)33-23-15-8-16-24-33/h5-24,34-35,37-38H,25-26H2,1-4H3/t34-,35-,37-,38-,41+/m1/s1. The summed E-state index contributed by atoms with van der Waals surface area (Å²) in [6.45, 7) is 3.82. The first kappa shape index (κ1) is 37.0. The molecule has 272 valence electrons. The molecule has 1 fully saturated rings. The van der Waals surface area contributed by atoms with Crippen molar-refractivity contribution in [2.45, 2.75) is 50.3 Å². The molecule has 0 spiro atoms. The maximum atomic E-state index is 15.8. The van der Waals surface area contributed by atoms with Gasteiger partial charge < -0.3 is 24.0 Å². The SMILES string of the molecule is CC(=O)OC[C@@H](OC(C)=O)[C@@H]1[C@H](OC(C)=O)[C@H]2C(N=Nc3ccccc3)=C(N(C)Cc3ccccc3)S[C@]2(c2ccccc2)C(=O)N1c1ccccc1. The van der Waals surface area contributed by atoms with Gasteiger partial charge in [0, 0.05) is 40.1 Å². The summed E-state index contributed by atoms with van der Waals surface area (Å²) in [7, 11) is 1.92. The quantitative estimate of drug-likeness (QED) is 0.0846. The van der Waals surface area contributed by atoms with Crippen LogP contribution in [0.4, 0.5) is 11.4 Å². The molecular formula is C41H40N4O7S. The second-order valence-corrected chi connectivity index (χ2v) is 14.0. The molecular weight excluding hydrogens is 693 g/mol. The van der Waals surface area contributed by atoms with Gasteiger partial charge in [0.1, 0.15) is 29.2 Å². The van der Waals surface area contributed by atoms with Gasteiger partial charge in [-0.1, -0.05) is 109 Å². The Bertz CT molecular complexity index is 2000. The minimum absolute atomic E-state index is 0.367. The fourth-order valence-electron chi connectivity index (χ4n) is 6.98. The molecule has 1 amide bonds. The minimum atomic E-state index is -1.46. The first-order chi connectivity index (χ1) is 25.6. The third-order valence-corrected chi connectivity index (χ3v) is 10.7. The lowest BCUT2D eigenvalue weighted by molar-refractivity contribution is -0.169. The number of para-hydroxylation sites is 1. The van der Waals surface area contributed by atoms with E-state index < -0.39 is 53.4 Å². The predicted molar refractivity (Wildman–Crippen MR) is 201 cm³/mol. The van der Waals surface area contributed by atoms with Crippen LogP contribution in [-0.4, -0.2) is 60.6 Å². The van der Waals surface area contributed by atoms with Gasteiger partial charge in [0.05, 0.1) is 16.6 Å². The molecule has 2 heterocycles. The van der Waals surface area contributed by atoms with E-state index in [1.165, 1.54) is 37.4 Å². The van der Waals surface area contributed by atoms with Crippen LogP contribution in [0.15, 0.2) is 142 Å². The van der Waals surface area contributed by atoms with E-state index in [0.717, 1.165) is 5.56 Å². The number of esters is 3. The zero-order chi connectivity index (χ0) is 37.5. The number of piperidine rings is 1. The second kappa shape index (κ2) is 16.3. The van der Waals surface area contributed by atoms with Crippen molar-refractivity contribution in [2.75, 3.05) is 18.6 Å². The summed E-state index contributed by atoms with van der Waals surface area (Å²) >= 11 is 1.33. The Labute approximate surface area is 312 Å². The van der Waals surface area contributed by atoms with Crippen molar-refractivity contribution in [2.24, 2.45) is 16.1 Å². The zero-order valence-corrected chi connectivity index (χ0v) is 30.6. The third kappa shape index (κ3) is 7.87. The molecule has 0 aliphatic carbocycles. The fraction of sp³-hybridized carbons (Fsp3) is 0.268. The average Bonchev–Trinajstić information content (AvgIpc) is 3.51. The smallest absolute Gasteiger partial charge is 0.303 e. The number of anilines is 1. The Morgan fingerprint density at radius 3 is 1.96 bits per heavy atom. The van der Waals surface area contributed by atoms with Crippen LogP contribution in [-0.2, 0) is 44.7 Å². The molecule has 11 nitrogen and oxygen atoms in total. The number of amides is 1. The van der Waals surface area contributed by atoms with Crippen molar-refractivity contribution >= 4 is 47.0 Å². The number of carbonyl (C=O) groups excluding carboxylic acids is 4. The van der Waals surface area contributed by atoms with Crippen molar-refractivity contribution in [3.05, 3.63) is 143 Å². The van der Waals surface area contributed by atoms with Gasteiger partial charge in [-0.25, -0.2) is 0 Å². The number of nitrogens with zero attached hydrogens (tertiary/aromatic N) is 4. The molecule has 5 atom stereocenters. The summed E-state index contributed by atoms with van der Waals surface area (Å²) in [5.74, 6) is -3.25. The average molecular weight is 733 g/mol. The highest BCUT2D eigenvalue weighted by Gasteiger charge is 2.68. The number of ether oxygens (including phenoxy) is 3. The maximum absolute atomic E-state index is 15.8. The monoisotopic (exact) mass is 732 g/mol. The summed E-state index contributed by atoms with van der Waals surface area (Å²) in [6, 6.07) is 36.2. The zero-order valence-electron chi connectivity index (χ0n) is 29.8. The van der Waals surface area contributed by atoms with Crippen molar-refractivity contribution in [1.29, 1.82) is 0 Å². The van der Waals surface area contributed by atoms with Gasteiger partial charge in [-0.05, 0) is 35.4 Å². The van der Waals surface area contributed by atoms with Crippen LogP contribution in [0.3, 0.4) is 0 Å². The number of hydrogen-bond acceptors (Lipinski definition) is 11. The number of hydrogen-bond donors (Lipinski definition) is 0. The number of azo groups is 1. The molecule has 2 aliphatic heterocycles. The highest BCUT2D eigenvalue weighted by Crippen LogP contribution is 2.63. The van der Waals surface area contributed by atoms with Crippen LogP contribution in [0.2, 0.25) is 0 Å². The van der Waals surface area contributed by atoms with Crippen LogP contribution < -0.4 is 4.90 Å². The minimum Gasteiger partial charge on any atom is -0.462 e. The van der Waals surface area contributed by atoms with Gasteiger partial charge in [0.25, 0.3) is 0 Å². The predicted octanol–water partition coefficient (Wildman–Crippen LogP) is 7.17. The molecule has 1 saturated heterocycles. The Balaban J connectivity index is 1.65. The highest BCUT2D eigenvalue weighted by atomic mass is 32.2. The van der Waals surface area contributed by atoms with Crippen molar-refractivity contribution < 1.29 is 33.4 Å². The summed E-state index contributed by atoms with van der Waals surface area (Å²) in [6.07, 6.45) is -2.44. The molecule has 6 rings (SSSR count). The Kier molecular flexibility index (Phi) is 11.4. The summed E-state index contributed by atoms with van der Waals surface area (Å²) in [5, 5.41) is 10.2. The lowest BCUT2D eigenvalue weighted by Gasteiger charge is -2.52. The van der Waals surface area contributed by atoms with E-state index >= 15 is 4.79 Å². The molecule has 0 unspecified atom stereocenters. The first-order valence-corrected chi connectivity index (χ1v) is 18.0. The number of thioether (sulfide) groups is 1. The van der Waals surface area contributed by atoms with Crippen LogP contribution in [0.1, 0.15) is 31.9 Å². The number of benzene rings is 4. The van der Waals surface area contributed by atoms with E-state index in [-0.39, 0.29) is 5.91 Å². The number of rotatable bonds is 12. The molecule has 0 radical (unpaired) electrons. The fourth-order valence-corrected chi connectivity index (χ4v) is 8.59. The molecule has 4 aromatic rings. The number of fused-ring (bicyclic) bond motifs is 1. The topological polar surface area (TPSA) is 127 Å². The van der Waals surface area contributed by atoms with Crippen LogP contribution in [0, 0.1) is 5.92 Å². The number of carbonyl (C=O) groups is 4. The van der Waals surface area contributed by atoms with Gasteiger partial charge >= 0.3 is 17.9 Å². The molecule has 0 aromatic heterocycles. The molecule has 0 bridgehead atoms. The lowest BCUT2D eigenvalue weighted by Crippen LogP contribution is -2.69. The largest absolute Gasteiger partial charge is 0.462 e. The van der Waals surface area contributed by atoms with E-state index in [9.17, 15) is 14.4 Å². The van der Waals surface area contributed by atoms with Crippen molar-refractivity contribution in [1.82, 2.24) is 4.90 Å². The third-order valence-electron chi connectivity index (χ3n) is 9.04. The molecule has 0 N–H and O–H groups in total. The lowest BCUT2D eigenvalue weighted by atomic mass is 9.71. The van der Waals surface area contributed by atoms with Crippen LogP contribution >= 0.6 is 11.8 Å². The van der Waals surface area contributed by atoms with Gasteiger partial charge in [-0.15, -0.1) is 0 Å². The maximum Gasteiger partial charge on any atom is 0.303 e. The van der Waals surface area contributed by atoms with Crippen LogP contribution in [0.5, 0.6) is 0 Å². The van der Waals surface area contributed by atoms with E-state index in [1.807, 2.05) is 109 Å². The first-order valence-electron chi connectivity index (χ1n) is 17.2. The normalized spacial score (nSPS) is 21.5. The Morgan fingerprint density at radius 1 is 0.792 bits per heavy atom. The summed E-state index contributed by atoms with van der Waals surface area (Å²) in [4.78, 5) is 57.5. The van der Waals surface area contributed by atoms with Crippen molar-refractivity contribution in [3.8, 4) is 0 Å². The Morgan fingerprint density at radius 2 is 1.38 bits per heavy atom. The summed E-state index contributed by atoms with van der Waals surface area (Å²) in [5.41, 5.74) is 3.12. The summed E-state index contributed by atoms with van der Waals surface area (Å²) < 4.78 is 16.2. The second-order valence-electron chi connectivity index (χ2n) is 12.8. The van der Waals surface area contributed by atoms with E-state index in [0.29, 0.717) is 34.2 Å². The van der Waals surface area contributed by atoms with Crippen LogP contribution in [0.25, 0.3) is 0 Å². The molecule has 0 saturated carbocycles. The van der Waals surface area contributed by atoms with E-state index in [2.05, 4.69) is 5.11 Å². The molecule has 4 aromatic carbocycles. The highest BCUT2D eigenvalue weighted by molar-refractivity contribution is 8.05. The van der Waals surface area contributed by atoms with Gasteiger partial charge in [-0.3, -0.25) is 19.2 Å².